The standard InChI is InChI=1S/C18H28N6O2/c1-18(2,3)26-17(25)24-8-6-13(7-9-24)11-22(4)15-14-10-21-23(5)16(14)20-12-19-15/h10,12-13H,6-9,11H2,1-5H3. The number of amides is 1. The molecule has 8 heteroatoms. The molecule has 0 bridgehead atoms. The Kier molecular flexibility index (Phi) is 5.02. The summed E-state index contributed by atoms with van der Waals surface area (Å²) in [5, 5.41) is 5.24. The number of carbonyl (C=O) groups is 1. The predicted octanol–water partition coefficient (Wildman–Crippen LogP) is 2.45. The smallest absolute Gasteiger partial charge is 0.410 e. The molecule has 3 rings (SSSR count). The summed E-state index contributed by atoms with van der Waals surface area (Å²) in [6.07, 6.45) is 5.11. The number of hydrogen-bond acceptors (Lipinski definition) is 6. The van der Waals surface area contributed by atoms with Crippen molar-refractivity contribution >= 4 is 22.9 Å². The third-order valence-corrected chi connectivity index (χ3v) is 4.67. The number of nitrogens with zero attached hydrogens (tertiary/aromatic N) is 6. The van der Waals surface area contributed by atoms with Crippen LogP contribution in [-0.2, 0) is 11.8 Å². The average molecular weight is 360 g/mol. The molecular formula is C18H28N6O2. The van der Waals surface area contributed by atoms with Crippen LogP contribution in [0.4, 0.5) is 10.6 Å². The third-order valence-electron chi connectivity index (χ3n) is 4.67. The van der Waals surface area contributed by atoms with Gasteiger partial charge in [-0.2, -0.15) is 5.10 Å². The van der Waals surface area contributed by atoms with Crippen molar-refractivity contribution in [3.05, 3.63) is 12.5 Å². The Morgan fingerprint density at radius 2 is 2.00 bits per heavy atom. The summed E-state index contributed by atoms with van der Waals surface area (Å²) in [7, 11) is 3.93. The largest absolute Gasteiger partial charge is 0.444 e. The Bertz CT molecular complexity index is 774. The highest BCUT2D eigenvalue weighted by Crippen LogP contribution is 2.25. The molecule has 1 saturated heterocycles. The average Bonchev–Trinajstić information content (AvgIpc) is 2.95. The van der Waals surface area contributed by atoms with E-state index in [0.29, 0.717) is 5.92 Å². The van der Waals surface area contributed by atoms with Gasteiger partial charge in [0.1, 0.15) is 17.7 Å². The minimum Gasteiger partial charge on any atom is -0.444 e. The molecule has 1 aliphatic heterocycles. The van der Waals surface area contributed by atoms with Gasteiger partial charge in [-0.15, -0.1) is 0 Å². The Labute approximate surface area is 154 Å². The van der Waals surface area contributed by atoms with Gasteiger partial charge < -0.3 is 14.5 Å². The maximum Gasteiger partial charge on any atom is 0.410 e. The number of hydrogen-bond donors (Lipinski definition) is 0. The van der Waals surface area contributed by atoms with E-state index in [1.807, 2.05) is 38.9 Å². The molecule has 8 nitrogen and oxygen atoms in total. The number of rotatable bonds is 3. The fourth-order valence-electron chi connectivity index (χ4n) is 3.35. The summed E-state index contributed by atoms with van der Waals surface area (Å²) in [6, 6.07) is 0. The summed E-state index contributed by atoms with van der Waals surface area (Å²) < 4.78 is 7.22. The molecule has 1 aliphatic rings. The van der Waals surface area contributed by atoms with E-state index >= 15 is 0 Å². The first kappa shape index (κ1) is 18.4. The lowest BCUT2D eigenvalue weighted by Crippen LogP contribution is -2.43. The number of anilines is 1. The molecule has 2 aromatic rings. The number of likely N-dealkylation sites (tertiary alicyclic amines) is 1. The highest BCUT2D eigenvalue weighted by molar-refractivity contribution is 5.86. The first-order chi connectivity index (χ1) is 12.2. The van der Waals surface area contributed by atoms with Gasteiger partial charge in [0.05, 0.1) is 11.6 Å². The van der Waals surface area contributed by atoms with E-state index in [1.54, 1.807) is 11.0 Å². The van der Waals surface area contributed by atoms with Crippen LogP contribution in [0.15, 0.2) is 12.5 Å². The first-order valence-corrected chi connectivity index (χ1v) is 9.06. The highest BCUT2D eigenvalue weighted by Gasteiger charge is 2.27. The maximum absolute atomic E-state index is 12.2. The normalized spacial score (nSPS) is 16.1. The van der Waals surface area contributed by atoms with Gasteiger partial charge in [0, 0.05) is 33.7 Å². The molecule has 0 N–H and O–H groups in total. The monoisotopic (exact) mass is 360 g/mol. The van der Waals surface area contributed by atoms with Crippen molar-refractivity contribution in [1.82, 2.24) is 24.6 Å². The summed E-state index contributed by atoms with van der Waals surface area (Å²) in [4.78, 5) is 24.9. The second-order valence-corrected chi connectivity index (χ2v) is 7.99. The van der Waals surface area contributed by atoms with Gasteiger partial charge in [-0.25, -0.2) is 14.8 Å². The second-order valence-electron chi connectivity index (χ2n) is 7.99. The Morgan fingerprint density at radius 3 is 2.65 bits per heavy atom. The van der Waals surface area contributed by atoms with Gasteiger partial charge in [-0.05, 0) is 39.5 Å². The molecule has 1 amide bonds. The SMILES string of the molecule is CN(CC1CCN(C(=O)OC(C)(C)C)CC1)c1ncnc2c1cnn2C. The van der Waals surface area contributed by atoms with Crippen LogP contribution in [0.2, 0.25) is 0 Å². The number of aromatic nitrogens is 4. The van der Waals surface area contributed by atoms with E-state index in [4.69, 9.17) is 4.74 Å². The van der Waals surface area contributed by atoms with Gasteiger partial charge in [-0.3, -0.25) is 4.68 Å². The number of piperidine rings is 1. The minimum atomic E-state index is -0.448. The Hall–Kier alpha value is -2.38. The molecule has 0 unspecified atom stereocenters. The van der Waals surface area contributed by atoms with Crippen molar-refractivity contribution in [1.29, 1.82) is 0 Å². The predicted molar refractivity (Wildman–Crippen MR) is 100 cm³/mol. The van der Waals surface area contributed by atoms with Crippen molar-refractivity contribution in [2.45, 2.75) is 39.2 Å². The molecule has 0 aliphatic carbocycles. The number of fused-ring (bicyclic) bond motifs is 1. The molecule has 3 heterocycles. The van der Waals surface area contributed by atoms with Gasteiger partial charge in [0.15, 0.2) is 5.65 Å². The fourth-order valence-corrected chi connectivity index (χ4v) is 3.35. The summed E-state index contributed by atoms with van der Waals surface area (Å²) >= 11 is 0. The van der Waals surface area contributed by atoms with Crippen molar-refractivity contribution in [3.63, 3.8) is 0 Å². The van der Waals surface area contributed by atoms with Gasteiger partial charge in [0.2, 0.25) is 0 Å². The zero-order valence-electron chi connectivity index (χ0n) is 16.3. The number of carbonyl (C=O) groups excluding carboxylic acids is 1. The van der Waals surface area contributed by atoms with Gasteiger partial charge >= 0.3 is 6.09 Å². The summed E-state index contributed by atoms with van der Waals surface area (Å²) in [6.45, 7) is 8.05. The molecule has 0 radical (unpaired) electrons. The molecule has 0 saturated carbocycles. The number of ether oxygens (including phenoxy) is 1. The van der Waals surface area contributed by atoms with Crippen LogP contribution in [0.25, 0.3) is 11.0 Å². The van der Waals surface area contributed by atoms with Crippen LogP contribution in [0, 0.1) is 5.92 Å². The van der Waals surface area contributed by atoms with Crippen LogP contribution in [0.1, 0.15) is 33.6 Å². The van der Waals surface area contributed by atoms with Crippen LogP contribution in [0.5, 0.6) is 0 Å². The lowest BCUT2D eigenvalue weighted by molar-refractivity contribution is 0.0186. The summed E-state index contributed by atoms with van der Waals surface area (Å²) in [5.41, 5.74) is 0.387. The fraction of sp³-hybridized carbons (Fsp3) is 0.667. The van der Waals surface area contributed by atoms with Crippen LogP contribution in [0.3, 0.4) is 0 Å². The zero-order chi connectivity index (χ0) is 18.9. The van der Waals surface area contributed by atoms with E-state index in [2.05, 4.69) is 27.0 Å². The molecule has 2 aromatic heterocycles. The van der Waals surface area contributed by atoms with E-state index in [-0.39, 0.29) is 6.09 Å². The Morgan fingerprint density at radius 1 is 1.31 bits per heavy atom. The van der Waals surface area contributed by atoms with E-state index in [0.717, 1.165) is 49.3 Å². The molecule has 0 aromatic carbocycles. The van der Waals surface area contributed by atoms with E-state index in [9.17, 15) is 4.79 Å². The number of aryl methyl sites for hydroxylation is 1. The maximum atomic E-state index is 12.2. The van der Waals surface area contributed by atoms with Gasteiger partial charge in [-0.1, -0.05) is 0 Å². The molecule has 1 fully saturated rings. The van der Waals surface area contributed by atoms with Crippen molar-refractivity contribution < 1.29 is 9.53 Å². The van der Waals surface area contributed by atoms with Crippen molar-refractivity contribution in [3.8, 4) is 0 Å². The molecule has 0 spiro atoms. The third kappa shape index (κ3) is 4.05. The first-order valence-electron chi connectivity index (χ1n) is 9.06. The van der Waals surface area contributed by atoms with Crippen molar-refractivity contribution in [2.75, 3.05) is 31.6 Å². The summed E-state index contributed by atoms with van der Waals surface area (Å²) in [5.74, 6) is 1.41. The van der Waals surface area contributed by atoms with Crippen LogP contribution < -0.4 is 4.90 Å². The van der Waals surface area contributed by atoms with E-state index < -0.39 is 5.60 Å². The molecule has 26 heavy (non-hydrogen) atoms. The van der Waals surface area contributed by atoms with Crippen LogP contribution in [-0.4, -0.2) is 63.0 Å². The lowest BCUT2D eigenvalue weighted by Gasteiger charge is -2.35. The molecular weight excluding hydrogens is 332 g/mol. The van der Waals surface area contributed by atoms with Crippen LogP contribution >= 0.6 is 0 Å². The lowest BCUT2D eigenvalue weighted by atomic mass is 9.96. The van der Waals surface area contributed by atoms with E-state index in [1.165, 1.54) is 0 Å². The quantitative estimate of drug-likeness (QED) is 0.837. The zero-order valence-corrected chi connectivity index (χ0v) is 16.3. The molecule has 0 atom stereocenters. The second kappa shape index (κ2) is 7.09. The van der Waals surface area contributed by atoms with Crippen molar-refractivity contribution in [2.24, 2.45) is 13.0 Å². The van der Waals surface area contributed by atoms with Gasteiger partial charge in [0.25, 0.3) is 0 Å². The topological polar surface area (TPSA) is 76.4 Å². The highest BCUT2D eigenvalue weighted by atomic mass is 16.6. The Balaban J connectivity index is 1.58. The minimum absolute atomic E-state index is 0.211. The molecule has 142 valence electrons.